The van der Waals surface area contributed by atoms with Gasteiger partial charge in [-0.25, -0.2) is 4.98 Å². The molecule has 0 saturated heterocycles. The largest absolute Gasteiger partial charge is 0.440 e. The molecular formula is C12H15NOS. The van der Waals surface area contributed by atoms with Crippen LogP contribution in [0, 0.1) is 0 Å². The summed E-state index contributed by atoms with van der Waals surface area (Å²) in [5, 5.41) is 0. The first kappa shape index (κ1) is 10.6. The number of aromatic nitrogens is 1. The molecule has 2 aromatic rings. The van der Waals surface area contributed by atoms with Crippen LogP contribution in [0.1, 0.15) is 32.2 Å². The summed E-state index contributed by atoms with van der Waals surface area (Å²) in [6, 6.07) is 6.01. The van der Waals surface area contributed by atoms with Crippen LogP contribution in [0.2, 0.25) is 0 Å². The van der Waals surface area contributed by atoms with Crippen molar-refractivity contribution in [3.8, 4) is 0 Å². The molecule has 2 nitrogen and oxygen atoms in total. The van der Waals surface area contributed by atoms with E-state index in [9.17, 15) is 0 Å². The lowest BCUT2D eigenvalue weighted by molar-refractivity contribution is 0.411. The number of fused-ring (bicyclic) bond motifs is 1. The molecule has 1 heterocycles. The van der Waals surface area contributed by atoms with E-state index in [1.165, 1.54) is 5.56 Å². The highest BCUT2D eigenvalue weighted by atomic mass is 32.1. The summed E-state index contributed by atoms with van der Waals surface area (Å²) in [6.07, 6.45) is 0. The van der Waals surface area contributed by atoms with Crippen LogP contribution >= 0.6 is 12.6 Å². The van der Waals surface area contributed by atoms with Crippen molar-refractivity contribution in [2.45, 2.75) is 31.9 Å². The van der Waals surface area contributed by atoms with E-state index in [4.69, 9.17) is 4.42 Å². The SMILES string of the molecule is CC(C)(C)c1nc2cc(CS)ccc2o1. The fourth-order valence-electron chi connectivity index (χ4n) is 1.39. The van der Waals surface area contributed by atoms with Gasteiger partial charge in [0, 0.05) is 11.2 Å². The molecule has 0 fully saturated rings. The van der Waals surface area contributed by atoms with Crippen LogP contribution in [-0.4, -0.2) is 4.98 Å². The second kappa shape index (κ2) is 3.56. The molecule has 0 radical (unpaired) electrons. The topological polar surface area (TPSA) is 26.0 Å². The molecule has 0 aliphatic carbocycles. The predicted molar refractivity (Wildman–Crippen MR) is 65.4 cm³/mol. The standard InChI is InChI=1S/C12H15NOS/c1-12(2,3)11-13-9-6-8(7-15)4-5-10(9)14-11/h4-6,15H,7H2,1-3H3. The van der Waals surface area contributed by atoms with Gasteiger partial charge in [-0.2, -0.15) is 12.6 Å². The third-order valence-corrected chi connectivity index (χ3v) is 2.64. The van der Waals surface area contributed by atoms with Gasteiger partial charge in [0.15, 0.2) is 5.58 Å². The van der Waals surface area contributed by atoms with Crippen LogP contribution in [0.5, 0.6) is 0 Å². The van der Waals surface area contributed by atoms with E-state index in [0.29, 0.717) is 0 Å². The summed E-state index contributed by atoms with van der Waals surface area (Å²) < 4.78 is 5.70. The second-order valence-electron chi connectivity index (χ2n) is 4.73. The molecule has 15 heavy (non-hydrogen) atoms. The Hall–Kier alpha value is -0.960. The minimum atomic E-state index is -0.0415. The zero-order valence-corrected chi connectivity index (χ0v) is 10.1. The summed E-state index contributed by atoms with van der Waals surface area (Å²) in [7, 11) is 0. The van der Waals surface area contributed by atoms with Crippen LogP contribution in [0.3, 0.4) is 0 Å². The van der Waals surface area contributed by atoms with Crippen molar-refractivity contribution in [2.75, 3.05) is 0 Å². The van der Waals surface area contributed by atoms with Gasteiger partial charge in [0.05, 0.1) is 0 Å². The summed E-state index contributed by atoms with van der Waals surface area (Å²) >= 11 is 4.24. The molecule has 0 aliphatic heterocycles. The van der Waals surface area contributed by atoms with Gasteiger partial charge in [0.2, 0.25) is 5.89 Å². The molecular weight excluding hydrogens is 206 g/mol. The number of rotatable bonds is 1. The van der Waals surface area contributed by atoms with E-state index >= 15 is 0 Å². The fourth-order valence-corrected chi connectivity index (χ4v) is 1.59. The molecule has 0 unspecified atom stereocenters. The van der Waals surface area contributed by atoms with E-state index in [1.54, 1.807) is 0 Å². The van der Waals surface area contributed by atoms with E-state index in [1.807, 2.05) is 18.2 Å². The Morgan fingerprint density at radius 2 is 2.07 bits per heavy atom. The zero-order valence-electron chi connectivity index (χ0n) is 9.24. The van der Waals surface area contributed by atoms with Crippen molar-refractivity contribution in [1.29, 1.82) is 0 Å². The number of hydrogen-bond donors (Lipinski definition) is 1. The maximum atomic E-state index is 5.70. The van der Waals surface area contributed by atoms with Crippen molar-refractivity contribution in [3.05, 3.63) is 29.7 Å². The maximum Gasteiger partial charge on any atom is 0.200 e. The van der Waals surface area contributed by atoms with Crippen LogP contribution < -0.4 is 0 Å². The van der Waals surface area contributed by atoms with Gasteiger partial charge >= 0.3 is 0 Å². The molecule has 3 heteroatoms. The molecule has 1 aromatic carbocycles. The Kier molecular flexibility index (Phi) is 2.51. The maximum absolute atomic E-state index is 5.70. The van der Waals surface area contributed by atoms with Gasteiger partial charge in [-0.1, -0.05) is 26.8 Å². The van der Waals surface area contributed by atoms with Gasteiger partial charge in [-0.05, 0) is 17.7 Å². The smallest absolute Gasteiger partial charge is 0.200 e. The van der Waals surface area contributed by atoms with Gasteiger partial charge in [-0.3, -0.25) is 0 Å². The number of benzene rings is 1. The summed E-state index contributed by atoms with van der Waals surface area (Å²) in [5.74, 6) is 1.52. The molecule has 0 amide bonds. The number of nitrogens with zero attached hydrogens (tertiary/aromatic N) is 1. The quantitative estimate of drug-likeness (QED) is 0.745. The van der Waals surface area contributed by atoms with E-state index in [-0.39, 0.29) is 5.41 Å². The molecule has 0 atom stereocenters. The van der Waals surface area contributed by atoms with Crippen LogP contribution in [0.25, 0.3) is 11.1 Å². The molecule has 0 N–H and O–H groups in total. The average molecular weight is 221 g/mol. The van der Waals surface area contributed by atoms with Crippen LogP contribution in [0.15, 0.2) is 22.6 Å². The first-order valence-corrected chi connectivity index (χ1v) is 5.65. The normalized spacial score (nSPS) is 12.3. The van der Waals surface area contributed by atoms with Crippen LogP contribution in [0.4, 0.5) is 0 Å². The highest BCUT2D eigenvalue weighted by Crippen LogP contribution is 2.26. The first-order valence-electron chi connectivity index (χ1n) is 5.01. The number of oxazole rings is 1. The van der Waals surface area contributed by atoms with Crippen molar-refractivity contribution < 1.29 is 4.42 Å². The molecule has 0 bridgehead atoms. The first-order chi connectivity index (χ1) is 7.00. The van der Waals surface area contributed by atoms with Gasteiger partial charge in [-0.15, -0.1) is 0 Å². The molecule has 0 spiro atoms. The van der Waals surface area contributed by atoms with Crippen molar-refractivity contribution in [1.82, 2.24) is 4.98 Å². The van der Waals surface area contributed by atoms with Gasteiger partial charge < -0.3 is 4.42 Å². The Labute approximate surface area is 95.1 Å². The average Bonchev–Trinajstić information content (AvgIpc) is 2.59. The Bertz CT molecular complexity index is 482. The molecule has 80 valence electrons. The van der Waals surface area contributed by atoms with Gasteiger partial charge in [0.1, 0.15) is 5.52 Å². The fraction of sp³-hybridized carbons (Fsp3) is 0.417. The van der Waals surface area contributed by atoms with E-state index in [0.717, 1.165) is 22.7 Å². The van der Waals surface area contributed by atoms with Gasteiger partial charge in [0.25, 0.3) is 0 Å². The molecule has 2 rings (SSSR count). The van der Waals surface area contributed by atoms with E-state index < -0.39 is 0 Å². The molecule has 0 aliphatic rings. The summed E-state index contributed by atoms with van der Waals surface area (Å²) in [5.41, 5.74) is 2.90. The third kappa shape index (κ3) is 2.02. The number of thiol groups is 1. The van der Waals surface area contributed by atoms with Crippen molar-refractivity contribution in [3.63, 3.8) is 0 Å². The number of hydrogen-bond acceptors (Lipinski definition) is 3. The highest BCUT2D eigenvalue weighted by molar-refractivity contribution is 7.79. The Morgan fingerprint density at radius 1 is 1.33 bits per heavy atom. The highest BCUT2D eigenvalue weighted by Gasteiger charge is 2.20. The minimum absolute atomic E-state index is 0.0415. The third-order valence-electron chi connectivity index (χ3n) is 2.28. The summed E-state index contributed by atoms with van der Waals surface area (Å²) in [6.45, 7) is 6.28. The monoisotopic (exact) mass is 221 g/mol. The lowest BCUT2D eigenvalue weighted by Gasteiger charge is -2.11. The Morgan fingerprint density at radius 3 is 2.67 bits per heavy atom. The minimum Gasteiger partial charge on any atom is -0.440 e. The van der Waals surface area contributed by atoms with Crippen molar-refractivity contribution >= 4 is 23.7 Å². The molecule has 0 saturated carbocycles. The van der Waals surface area contributed by atoms with Crippen LogP contribution in [-0.2, 0) is 11.2 Å². The Balaban J connectivity index is 2.56. The second-order valence-corrected chi connectivity index (χ2v) is 5.05. The lowest BCUT2D eigenvalue weighted by atomic mass is 9.97. The van der Waals surface area contributed by atoms with Crippen molar-refractivity contribution in [2.24, 2.45) is 0 Å². The zero-order chi connectivity index (χ0) is 11.1. The predicted octanol–water partition coefficient (Wildman–Crippen LogP) is 3.56. The summed E-state index contributed by atoms with van der Waals surface area (Å²) in [4.78, 5) is 4.49. The molecule has 1 aromatic heterocycles. The van der Waals surface area contributed by atoms with E-state index in [2.05, 4.69) is 38.4 Å². The lowest BCUT2D eigenvalue weighted by Crippen LogP contribution is -2.10.